The normalized spacial score (nSPS) is 15.9. The first kappa shape index (κ1) is 26.6. The van der Waals surface area contributed by atoms with Gasteiger partial charge in [-0.25, -0.2) is 9.37 Å². The van der Waals surface area contributed by atoms with E-state index in [1.807, 2.05) is 46.2 Å². The third-order valence-corrected chi connectivity index (χ3v) is 8.64. The quantitative estimate of drug-likeness (QED) is 0.260. The average molecular weight is 600 g/mol. The van der Waals surface area contributed by atoms with Crippen LogP contribution in [0, 0.1) is 5.82 Å². The van der Waals surface area contributed by atoms with Crippen molar-refractivity contribution in [1.82, 2.24) is 30.5 Å². The molecule has 7 rings (SSSR count). The number of allylic oxidation sites excluding steroid dienone is 1. The molecule has 8 nitrogen and oxygen atoms in total. The third-order valence-electron chi connectivity index (χ3n) is 7.90. The monoisotopic (exact) mass is 599 g/mol. The molecular formula is C31H24Cl2FN7O. The first-order chi connectivity index (χ1) is 20.5. The lowest BCUT2D eigenvalue weighted by atomic mass is 9.99. The van der Waals surface area contributed by atoms with Crippen molar-refractivity contribution in [3.8, 4) is 11.4 Å². The van der Waals surface area contributed by atoms with E-state index < -0.39 is 0 Å². The fraction of sp³-hybridized carbons (Fsp3) is 0.194. The van der Waals surface area contributed by atoms with Crippen molar-refractivity contribution in [2.24, 2.45) is 0 Å². The van der Waals surface area contributed by atoms with E-state index in [9.17, 15) is 4.79 Å². The zero-order valence-corrected chi connectivity index (χ0v) is 23.8. The summed E-state index contributed by atoms with van der Waals surface area (Å²) < 4.78 is 15.1. The van der Waals surface area contributed by atoms with Crippen LogP contribution in [0.1, 0.15) is 33.6 Å². The number of nitrogens with zero attached hydrogens (tertiary/aromatic N) is 6. The lowest BCUT2D eigenvalue weighted by molar-refractivity contribution is 0.0747. The number of piperazine rings is 1. The largest absolute Gasteiger partial charge is 0.366 e. The van der Waals surface area contributed by atoms with E-state index in [4.69, 9.17) is 28.2 Å². The van der Waals surface area contributed by atoms with Crippen molar-refractivity contribution in [3.05, 3.63) is 98.9 Å². The number of rotatable bonds is 4. The second-order valence-corrected chi connectivity index (χ2v) is 11.2. The number of fused-ring (bicyclic) bond motifs is 2. The highest BCUT2D eigenvalue weighted by atomic mass is 35.5. The van der Waals surface area contributed by atoms with E-state index in [1.54, 1.807) is 18.2 Å². The Morgan fingerprint density at radius 1 is 0.952 bits per heavy atom. The molecule has 0 saturated carbocycles. The van der Waals surface area contributed by atoms with E-state index in [1.165, 1.54) is 6.07 Å². The number of pyridine rings is 1. The van der Waals surface area contributed by atoms with Gasteiger partial charge in [-0.2, -0.15) is 5.21 Å². The minimum absolute atomic E-state index is 0.0202. The number of benzene rings is 3. The maximum atomic E-state index is 15.1. The molecule has 1 N–H and O–H groups in total. The topological polar surface area (TPSA) is 90.9 Å². The number of anilines is 1. The van der Waals surface area contributed by atoms with Gasteiger partial charge >= 0.3 is 0 Å². The summed E-state index contributed by atoms with van der Waals surface area (Å²) in [5, 5.41) is 15.6. The molecule has 0 unspecified atom stereocenters. The van der Waals surface area contributed by atoms with Gasteiger partial charge in [0.1, 0.15) is 5.82 Å². The maximum Gasteiger partial charge on any atom is 0.255 e. The Bertz CT molecular complexity index is 1870. The van der Waals surface area contributed by atoms with Gasteiger partial charge in [-0.15, -0.1) is 10.2 Å². The molecule has 1 amide bonds. The number of nitrogens with one attached hydrogen (secondary N) is 1. The molecule has 11 heteroatoms. The van der Waals surface area contributed by atoms with Crippen LogP contribution in [0.3, 0.4) is 0 Å². The molecule has 1 aliphatic carbocycles. The minimum Gasteiger partial charge on any atom is -0.366 e. The van der Waals surface area contributed by atoms with Crippen LogP contribution in [0.4, 0.5) is 10.1 Å². The Morgan fingerprint density at radius 3 is 2.55 bits per heavy atom. The number of aromatic amines is 1. The van der Waals surface area contributed by atoms with Gasteiger partial charge in [0.2, 0.25) is 5.82 Å². The standard InChI is InChI=1S/C31H24Cl2FN7O/c32-23-9-5-18(16-24(23)33)15-19-6-8-22-28(21-3-1-2-4-26(21)35-29(19)22)31(42)41-13-11-40(12-14-41)27-10-7-20(17-25(27)34)30-36-38-39-37-30/h1-5,7,9-10,15-17H,6,8,11-14H2,(H,36,37,38,39)/b19-15-. The summed E-state index contributed by atoms with van der Waals surface area (Å²) in [5.74, 6) is -0.0486. The molecule has 1 aliphatic heterocycles. The summed E-state index contributed by atoms with van der Waals surface area (Å²) in [4.78, 5) is 23.0. The van der Waals surface area contributed by atoms with Gasteiger partial charge in [-0.1, -0.05) is 47.5 Å². The van der Waals surface area contributed by atoms with Crippen LogP contribution in [-0.2, 0) is 6.42 Å². The molecule has 5 aromatic rings. The van der Waals surface area contributed by atoms with Gasteiger partial charge in [-0.3, -0.25) is 4.79 Å². The number of tetrazole rings is 1. The first-order valence-corrected chi connectivity index (χ1v) is 14.4. The number of halogens is 3. The van der Waals surface area contributed by atoms with Crippen LogP contribution in [0.25, 0.3) is 33.9 Å². The second kappa shape index (κ2) is 10.8. The summed E-state index contributed by atoms with van der Waals surface area (Å²) >= 11 is 12.4. The predicted octanol–water partition coefficient (Wildman–Crippen LogP) is 6.31. The highest BCUT2D eigenvalue weighted by Crippen LogP contribution is 2.39. The maximum absolute atomic E-state index is 15.1. The number of H-pyrrole nitrogens is 1. The zero-order valence-electron chi connectivity index (χ0n) is 22.3. The summed E-state index contributed by atoms with van der Waals surface area (Å²) in [6, 6.07) is 18.2. The molecule has 0 atom stereocenters. The molecule has 3 heterocycles. The molecule has 0 spiro atoms. The van der Waals surface area contributed by atoms with E-state index in [0.717, 1.165) is 46.1 Å². The summed E-state index contributed by atoms with van der Waals surface area (Å²) in [6.45, 7) is 1.97. The fourth-order valence-corrected chi connectivity index (χ4v) is 6.13. The van der Waals surface area contributed by atoms with E-state index in [0.29, 0.717) is 58.9 Å². The van der Waals surface area contributed by atoms with Gasteiger partial charge < -0.3 is 9.80 Å². The Hall–Kier alpha value is -4.34. The van der Waals surface area contributed by atoms with E-state index in [2.05, 4.69) is 26.7 Å². The highest BCUT2D eigenvalue weighted by Gasteiger charge is 2.31. The number of carbonyl (C=O) groups excluding carboxylic acids is 1. The molecule has 42 heavy (non-hydrogen) atoms. The summed E-state index contributed by atoms with van der Waals surface area (Å²) in [5.41, 5.74) is 6.34. The number of aromatic nitrogens is 5. The lowest BCUT2D eigenvalue weighted by Crippen LogP contribution is -2.49. The van der Waals surface area contributed by atoms with Gasteiger partial charge in [0, 0.05) is 37.1 Å². The number of hydrogen-bond donors (Lipinski definition) is 1. The van der Waals surface area contributed by atoms with Crippen molar-refractivity contribution < 1.29 is 9.18 Å². The Labute approximate surface area is 250 Å². The second-order valence-electron chi connectivity index (χ2n) is 10.4. The minimum atomic E-state index is -0.365. The third kappa shape index (κ3) is 4.78. The van der Waals surface area contributed by atoms with Gasteiger partial charge in [-0.05, 0) is 77.2 Å². The van der Waals surface area contributed by atoms with Crippen LogP contribution in [-0.4, -0.2) is 62.6 Å². The van der Waals surface area contributed by atoms with Crippen molar-refractivity contribution in [2.75, 3.05) is 31.1 Å². The zero-order chi connectivity index (χ0) is 28.8. The smallest absolute Gasteiger partial charge is 0.255 e. The Morgan fingerprint density at radius 2 is 1.79 bits per heavy atom. The molecule has 210 valence electrons. The molecule has 1 fully saturated rings. The number of hydrogen-bond acceptors (Lipinski definition) is 6. The number of amides is 1. The van der Waals surface area contributed by atoms with Crippen molar-refractivity contribution in [2.45, 2.75) is 12.8 Å². The molecular weight excluding hydrogens is 576 g/mol. The van der Waals surface area contributed by atoms with Crippen LogP contribution >= 0.6 is 23.2 Å². The molecule has 0 bridgehead atoms. The van der Waals surface area contributed by atoms with E-state index in [-0.39, 0.29) is 11.7 Å². The molecule has 3 aromatic carbocycles. The SMILES string of the molecule is O=C(c1c2c(nc3ccccc13)/C(=C\c1ccc(Cl)c(Cl)c1)CC2)N1CCN(c2ccc(-c3nn[nH]n3)cc2F)CC1. The van der Waals surface area contributed by atoms with Gasteiger partial charge in [0.15, 0.2) is 0 Å². The average Bonchev–Trinajstić information content (AvgIpc) is 3.69. The van der Waals surface area contributed by atoms with Crippen LogP contribution in [0.2, 0.25) is 10.0 Å². The van der Waals surface area contributed by atoms with Crippen LogP contribution in [0.5, 0.6) is 0 Å². The van der Waals surface area contributed by atoms with Gasteiger partial charge in [0.05, 0.1) is 32.5 Å². The van der Waals surface area contributed by atoms with E-state index >= 15 is 4.39 Å². The molecule has 2 aliphatic rings. The van der Waals surface area contributed by atoms with Gasteiger partial charge in [0.25, 0.3) is 5.91 Å². The lowest BCUT2D eigenvalue weighted by Gasteiger charge is -2.36. The van der Waals surface area contributed by atoms with Crippen molar-refractivity contribution >= 4 is 57.3 Å². The molecule has 2 aromatic heterocycles. The fourth-order valence-electron chi connectivity index (χ4n) is 5.82. The van der Waals surface area contributed by atoms with Crippen LogP contribution in [0.15, 0.2) is 60.7 Å². The van der Waals surface area contributed by atoms with Crippen molar-refractivity contribution in [3.63, 3.8) is 0 Å². The van der Waals surface area contributed by atoms with Crippen molar-refractivity contribution in [1.29, 1.82) is 0 Å². The summed E-state index contributed by atoms with van der Waals surface area (Å²) in [7, 11) is 0. The highest BCUT2D eigenvalue weighted by molar-refractivity contribution is 6.42. The first-order valence-electron chi connectivity index (χ1n) is 13.6. The van der Waals surface area contributed by atoms with Crippen LogP contribution < -0.4 is 4.90 Å². The number of carbonyl (C=O) groups is 1. The predicted molar refractivity (Wildman–Crippen MR) is 162 cm³/mol. The Kier molecular flexibility index (Phi) is 6.84. The summed E-state index contributed by atoms with van der Waals surface area (Å²) in [6.07, 6.45) is 3.56. The molecule has 0 radical (unpaired) electrons. The number of para-hydroxylation sites is 1. The molecule has 1 saturated heterocycles. The Balaban J connectivity index is 1.16.